The van der Waals surface area contributed by atoms with Crippen LogP contribution in [0.1, 0.15) is 26.7 Å². The van der Waals surface area contributed by atoms with E-state index in [1.54, 1.807) is 13.8 Å². The Kier molecular flexibility index (Phi) is 6.21. The van der Waals surface area contributed by atoms with Gasteiger partial charge in [-0.3, -0.25) is 0 Å². The molecule has 0 unspecified atom stereocenters. The number of hydrogen-bond acceptors (Lipinski definition) is 6. The quantitative estimate of drug-likeness (QED) is 0.325. The Morgan fingerprint density at radius 1 is 1.11 bits per heavy atom. The SMILES string of the molecule is CCOC(=O)C(=CNN1CCCC1)C(=O)OCC. The van der Waals surface area contributed by atoms with Crippen LogP contribution >= 0.6 is 0 Å². The lowest BCUT2D eigenvalue weighted by molar-refractivity contribution is -0.146. The van der Waals surface area contributed by atoms with Crippen LogP contribution in [0.2, 0.25) is 0 Å². The Balaban J connectivity index is 2.65. The molecular formula is C12H20N2O4. The minimum atomic E-state index is -0.664. The molecule has 0 bridgehead atoms. The molecule has 1 aliphatic rings. The van der Waals surface area contributed by atoms with Gasteiger partial charge >= 0.3 is 11.9 Å². The van der Waals surface area contributed by atoms with E-state index in [9.17, 15) is 9.59 Å². The molecule has 0 amide bonds. The second kappa shape index (κ2) is 7.71. The molecule has 0 aromatic heterocycles. The van der Waals surface area contributed by atoms with Crippen molar-refractivity contribution < 1.29 is 19.1 Å². The van der Waals surface area contributed by atoms with E-state index in [1.165, 1.54) is 6.20 Å². The first-order valence-corrected chi connectivity index (χ1v) is 6.24. The monoisotopic (exact) mass is 256 g/mol. The molecule has 0 aliphatic carbocycles. The van der Waals surface area contributed by atoms with Gasteiger partial charge in [-0.05, 0) is 26.7 Å². The number of hydrogen-bond donors (Lipinski definition) is 1. The van der Waals surface area contributed by atoms with Gasteiger partial charge in [0.15, 0.2) is 5.57 Å². The van der Waals surface area contributed by atoms with E-state index in [4.69, 9.17) is 9.47 Å². The van der Waals surface area contributed by atoms with Crippen LogP contribution in [-0.4, -0.2) is 43.3 Å². The molecule has 1 aliphatic heterocycles. The van der Waals surface area contributed by atoms with Crippen molar-refractivity contribution in [2.24, 2.45) is 0 Å². The van der Waals surface area contributed by atoms with Crippen LogP contribution < -0.4 is 5.43 Å². The smallest absolute Gasteiger partial charge is 0.347 e. The third-order valence-corrected chi connectivity index (χ3v) is 2.49. The number of nitrogens with zero attached hydrogens (tertiary/aromatic N) is 1. The van der Waals surface area contributed by atoms with E-state index >= 15 is 0 Å². The Morgan fingerprint density at radius 3 is 2.06 bits per heavy atom. The number of rotatable bonds is 6. The second-order valence-electron chi connectivity index (χ2n) is 3.82. The molecule has 0 spiro atoms. The van der Waals surface area contributed by atoms with E-state index in [2.05, 4.69) is 5.43 Å². The molecule has 1 heterocycles. The van der Waals surface area contributed by atoms with Crippen LogP contribution in [0.4, 0.5) is 0 Å². The fourth-order valence-electron chi connectivity index (χ4n) is 1.62. The number of ether oxygens (including phenoxy) is 2. The first-order chi connectivity index (χ1) is 8.69. The highest BCUT2D eigenvalue weighted by Crippen LogP contribution is 2.06. The summed E-state index contributed by atoms with van der Waals surface area (Å²) in [5.41, 5.74) is 2.82. The summed E-state index contributed by atoms with van der Waals surface area (Å²) in [6.45, 7) is 5.62. The van der Waals surface area contributed by atoms with Crippen LogP contribution in [0.25, 0.3) is 0 Å². The van der Waals surface area contributed by atoms with E-state index in [0.717, 1.165) is 25.9 Å². The zero-order valence-electron chi connectivity index (χ0n) is 10.9. The average Bonchev–Trinajstić information content (AvgIpc) is 2.83. The highest BCUT2D eigenvalue weighted by Gasteiger charge is 2.21. The molecule has 0 saturated carbocycles. The summed E-state index contributed by atoms with van der Waals surface area (Å²) in [5, 5.41) is 1.94. The summed E-state index contributed by atoms with van der Waals surface area (Å²) in [7, 11) is 0. The third-order valence-electron chi connectivity index (χ3n) is 2.49. The topological polar surface area (TPSA) is 67.9 Å². The molecule has 0 aromatic carbocycles. The van der Waals surface area contributed by atoms with Crippen LogP contribution in [0, 0.1) is 0 Å². The minimum absolute atomic E-state index is 0.106. The zero-order chi connectivity index (χ0) is 13.4. The molecular weight excluding hydrogens is 236 g/mol. The lowest BCUT2D eigenvalue weighted by Gasteiger charge is -2.15. The summed E-state index contributed by atoms with van der Waals surface area (Å²) in [6, 6.07) is 0. The van der Waals surface area contributed by atoms with Crippen LogP contribution in [-0.2, 0) is 19.1 Å². The van der Waals surface area contributed by atoms with E-state index < -0.39 is 11.9 Å². The molecule has 0 atom stereocenters. The Labute approximate surface area is 107 Å². The van der Waals surface area contributed by atoms with Crippen molar-refractivity contribution in [1.29, 1.82) is 0 Å². The molecule has 6 nitrogen and oxygen atoms in total. The van der Waals surface area contributed by atoms with Gasteiger partial charge < -0.3 is 14.9 Å². The minimum Gasteiger partial charge on any atom is -0.462 e. The van der Waals surface area contributed by atoms with Crippen molar-refractivity contribution in [3.63, 3.8) is 0 Å². The predicted octanol–water partition coefficient (Wildman–Crippen LogP) is 0.597. The third kappa shape index (κ3) is 4.37. The fourth-order valence-corrected chi connectivity index (χ4v) is 1.62. The Bertz CT molecular complexity index is 302. The van der Waals surface area contributed by atoms with Gasteiger partial charge in [-0.1, -0.05) is 0 Å². The van der Waals surface area contributed by atoms with E-state index in [1.807, 2.05) is 5.01 Å². The van der Waals surface area contributed by atoms with Gasteiger partial charge in [0.05, 0.1) is 13.2 Å². The maximum atomic E-state index is 11.6. The van der Waals surface area contributed by atoms with Crippen molar-refractivity contribution in [3.05, 3.63) is 11.8 Å². The van der Waals surface area contributed by atoms with Gasteiger partial charge in [0.25, 0.3) is 0 Å². The second-order valence-corrected chi connectivity index (χ2v) is 3.82. The highest BCUT2D eigenvalue weighted by molar-refractivity contribution is 6.13. The standard InChI is InChI=1S/C12H20N2O4/c1-3-17-11(15)10(12(16)18-4-2)9-13-14-7-5-6-8-14/h9,13H,3-8H2,1-2H3. The molecule has 0 radical (unpaired) electrons. The highest BCUT2D eigenvalue weighted by atomic mass is 16.6. The van der Waals surface area contributed by atoms with Gasteiger partial charge in [0.2, 0.25) is 0 Å². The van der Waals surface area contributed by atoms with Gasteiger partial charge in [-0.2, -0.15) is 0 Å². The Morgan fingerprint density at radius 2 is 1.61 bits per heavy atom. The lowest BCUT2D eigenvalue weighted by atomic mass is 10.3. The first-order valence-electron chi connectivity index (χ1n) is 6.24. The lowest BCUT2D eigenvalue weighted by Crippen LogP contribution is -2.33. The normalized spacial score (nSPS) is 15.0. The summed E-state index contributed by atoms with van der Waals surface area (Å²) in [6.07, 6.45) is 3.57. The summed E-state index contributed by atoms with van der Waals surface area (Å²) in [4.78, 5) is 23.2. The van der Waals surface area contributed by atoms with Crippen molar-refractivity contribution in [3.8, 4) is 0 Å². The molecule has 102 valence electrons. The van der Waals surface area contributed by atoms with Crippen LogP contribution in [0.15, 0.2) is 11.8 Å². The molecule has 1 saturated heterocycles. The van der Waals surface area contributed by atoms with Crippen molar-refractivity contribution >= 4 is 11.9 Å². The van der Waals surface area contributed by atoms with Crippen LogP contribution in [0.5, 0.6) is 0 Å². The van der Waals surface area contributed by atoms with Gasteiger partial charge in [0.1, 0.15) is 0 Å². The number of esters is 2. The number of hydrazine groups is 1. The summed E-state index contributed by atoms with van der Waals surface area (Å²) in [5.74, 6) is -1.33. The number of carbonyl (C=O) groups excluding carboxylic acids is 2. The fraction of sp³-hybridized carbons (Fsp3) is 0.667. The van der Waals surface area contributed by atoms with Crippen molar-refractivity contribution in [2.75, 3.05) is 26.3 Å². The number of nitrogens with one attached hydrogen (secondary N) is 1. The summed E-state index contributed by atoms with van der Waals surface area (Å²) >= 11 is 0. The summed E-state index contributed by atoms with van der Waals surface area (Å²) < 4.78 is 9.64. The molecule has 6 heteroatoms. The largest absolute Gasteiger partial charge is 0.462 e. The molecule has 1 fully saturated rings. The maximum absolute atomic E-state index is 11.6. The van der Waals surface area contributed by atoms with Crippen LogP contribution in [0.3, 0.4) is 0 Å². The van der Waals surface area contributed by atoms with Gasteiger partial charge in [-0.15, -0.1) is 0 Å². The Hall–Kier alpha value is -1.56. The maximum Gasteiger partial charge on any atom is 0.347 e. The number of carbonyl (C=O) groups is 2. The first kappa shape index (κ1) is 14.5. The zero-order valence-corrected chi connectivity index (χ0v) is 10.9. The van der Waals surface area contributed by atoms with E-state index in [-0.39, 0.29) is 18.8 Å². The molecule has 1 rings (SSSR count). The van der Waals surface area contributed by atoms with Crippen molar-refractivity contribution in [1.82, 2.24) is 10.4 Å². The molecule has 18 heavy (non-hydrogen) atoms. The van der Waals surface area contributed by atoms with E-state index in [0.29, 0.717) is 0 Å². The van der Waals surface area contributed by atoms with Gasteiger partial charge in [-0.25, -0.2) is 14.6 Å². The molecule has 0 aromatic rings. The predicted molar refractivity (Wildman–Crippen MR) is 65.3 cm³/mol. The van der Waals surface area contributed by atoms with Gasteiger partial charge in [0, 0.05) is 19.3 Å². The average molecular weight is 256 g/mol. The van der Waals surface area contributed by atoms with Crippen molar-refractivity contribution in [2.45, 2.75) is 26.7 Å². The molecule has 1 N–H and O–H groups in total.